The maximum Gasteiger partial charge on any atom is 0.220 e. The molecule has 88 valence electrons. The SMILES string of the molecule is CC(C)CCC(=O)NCCc1cccnc1. The number of hydrogen-bond acceptors (Lipinski definition) is 2. The van der Waals surface area contributed by atoms with E-state index in [1.54, 1.807) is 6.20 Å². The molecule has 0 saturated heterocycles. The molecular formula is C13H20N2O. The zero-order valence-corrected chi connectivity index (χ0v) is 10.1. The van der Waals surface area contributed by atoms with Crippen LogP contribution >= 0.6 is 0 Å². The molecular weight excluding hydrogens is 200 g/mol. The first-order valence-corrected chi connectivity index (χ1v) is 5.84. The van der Waals surface area contributed by atoms with Crippen molar-refractivity contribution in [3.63, 3.8) is 0 Å². The Morgan fingerprint density at radius 2 is 2.31 bits per heavy atom. The number of carbonyl (C=O) groups excluding carboxylic acids is 1. The Kier molecular flexibility index (Phi) is 5.54. The predicted octanol–water partition coefficient (Wildman–Crippen LogP) is 2.18. The molecule has 1 amide bonds. The third kappa shape index (κ3) is 5.49. The number of amides is 1. The molecule has 3 heteroatoms. The van der Waals surface area contributed by atoms with Gasteiger partial charge < -0.3 is 5.32 Å². The van der Waals surface area contributed by atoms with E-state index in [0.717, 1.165) is 18.4 Å². The summed E-state index contributed by atoms with van der Waals surface area (Å²) in [5.41, 5.74) is 1.16. The summed E-state index contributed by atoms with van der Waals surface area (Å²) in [5, 5.41) is 2.92. The van der Waals surface area contributed by atoms with E-state index >= 15 is 0 Å². The number of aromatic nitrogens is 1. The molecule has 0 saturated carbocycles. The fourth-order valence-electron chi connectivity index (χ4n) is 1.40. The van der Waals surface area contributed by atoms with E-state index in [1.807, 2.05) is 18.3 Å². The lowest BCUT2D eigenvalue weighted by Crippen LogP contribution is -2.25. The number of rotatable bonds is 6. The van der Waals surface area contributed by atoms with Crippen LogP contribution in [0.5, 0.6) is 0 Å². The van der Waals surface area contributed by atoms with Crippen molar-refractivity contribution >= 4 is 5.91 Å². The highest BCUT2D eigenvalue weighted by molar-refractivity contribution is 5.75. The largest absolute Gasteiger partial charge is 0.356 e. The van der Waals surface area contributed by atoms with Gasteiger partial charge in [-0.15, -0.1) is 0 Å². The zero-order valence-electron chi connectivity index (χ0n) is 10.1. The molecule has 0 aliphatic rings. The van der Waals surface area contributed by atoms with E-state index in [0.29, 0.717) is 18.9 Å². The Labute approximate surface area is 97.3 Å². The lowest BCUT2D eigenvalue weighted by Gasteiger charge is -2.06. The number of carbonyl (C=O) groups is 1. The van der Waals surface area contributed by atoms with E-state index in [-0.39, 0.29) is 5.91 Å². The Hall–Kier alpha value is -1.38. The first-order valence-electron chi connectivity index (χ1n) is 5.84. The Bertz CT molecular complexity index is 309. The van der Waals surface area contributed by atoms with Crippen LogP contribution in [-0.2, 0) is 11.2 Å². The van der Waals surface area contributed by atoms with Gasteiger partial charge in [0.1, 0.15) is 0 Å². The summed E-state index contributed by atoms with van der Waals surface area (Å²) in [7, 11) is 0. The normalized spacial score (nSPS) is 10.4. The topological polar surface area (TPSA) is 42.0 Å². The van der Waals surface area contributed by atoms with Crippen LogP contribution in [0.3, 0.4) is 0 Å². The Morgan fingerprint density at radius 3 is 2.94 bits per heavy atom. The quantitative estimate of drug-likeness (QED) is 0.798. The van der Waals surface area contributed by atoms with Gasteiger partial charge in [0.25, 0.3) is 0 Å². The fraction of sp³-hybridized carbons (Fsp3) is 0.538. The second-order valence-electron chi connectivity index (χ2n) is 4.39. The number of nitrogens with one attached hydrogen (secondary N) is 1. The van der Waals surface area contributed by atoms with Gasteiger partial charge in [0.15, 0.2) is 0 Å². The van der Waals surface area contributed by atoms with Crippen LogP contribution in [0, 0.1) is 5.92 Å². The molecule has 1 rings (SSSR count). The summed E-state index contributed by atoms with van der Waals surface area (Å²) < 4.78 is 0. The Balaban J connectivity index is 2.13. The van der Waals surface area contributed by atoms with Gasteiger partial charge in [0.05, 0.1) is 0 Å². The average Bonchev–Trinajstić information content (AvgIpc) is 2.28. The average molecular weight is 220 g/mol. The molecule has 1 N–H and O–H groups in total. The van der Waals surface area contributed by atoms with Crippen LogP contribution in [0.4, 0.5) is 0 Å². The minimum atomic E-state index is 0.151. The molecule has 0 bridgehead atoms. The van der Waals surface area contributed by atoms with Gasteiger partial charge in [0, 0.05) is 25.4 Å². The summed E-state index contributed by atoms with van der Waals surface area (Å²) in [6.45, 7) is 4.95. The maximum atomic E-state index is 11.4. The van der Waals surface area contributed by atoms with Crippen molar-refractivity contribution < 1.29 is 4.79 Å². The number of pyridine rings is 1. The summed E-state index contributed by atoms with van der Waals surface area (Å²) >= 11 is 0. The monoisotopic (exact) mass is 220 g/mol. The minimum Gasteiger partial charge on any atom is -0.356 e. The lowest BCUT2D eigenvalue weighted by molar-refractivity contribution is -0.121. The van der Waals surface area contributed by atoms with Gasteiger partial charge >= 0.3 is 0 Å². The molecule has 1 aromatic heterocycles. The van der Waals surface area contributed by atoms with Gasteiger partial charge in [-0.3, -0.25) is 9.78 Å². The third-order valence-electron chi connectivity index (χ3n) is 2.41. The smallest absolute Gasteiger partial charge is 0.220 e. The van der Waals surface area contributed by atoms with Gasteiger partial charge in [0.2, 0.25) is 5.91 Å². The minimum absolute atomic E-state index is 0.151. The molecule has 0 atom stereocenters. The van der Waals surface area contributed by atoms with Crippen LogP contribution in [0.15, 0.2) is 24.5 Å². The second kappa shape index (κ2) is 6.99. The van der Waals surface area contributed by atoms with Gasteiger partial charge in [-0.1, -0.05) is 19.9 Å². The Morgan fingerprint density at radius 1 is 1.50 bits per heavy atom. The molecule has 0 radical (unpaired) electrons. The lowest BCUT2D eigenvalue weighted by atomic mass is 10.1. The van der Waals surface area contributed by atoms with Crippen LogP contribution in [-0.4, -0.2) is 17.4 Å². The van der Waals surface area contributed by atoms with Gasteiger partial charge in [-0.05, 0) is 30.4 Å². The molecule has 0 aliphatic heterocycles. The molecule has 16 heavy (non-hydrogen) atoms. The first-order chi connectivity index (χ1) is 7.68. The molecule has 0 fully saturated rings. The zero-order chi connectivity index (χ0) is 11.8. The third-order valence-corrected chi connectivity index (χ3v) is 2.41. The van der Waals surface area contributed by atoms with Crippen molar-refractivity contribution in [3.05, 3.63) is 30.1 Å². The van der Waals surface area contributed by atoms with Crippen molar-refractivity contribution in [1.82, 2.24) is 10.3 Å². The van der Waals surface area contributed by atoms with Crippen LogP contribution < -0.4 is 5.32 Å². The number of hydrogen-bond donors (Lipinski definition) is 1. The van der Waals surface area contributed by atoms with Gasteiger partial charge in [-0.2, -0.15) is 0 Å². The standard InChI is InChI=1S/C13H20N2O/c1-11(2)5-6-13(16)15-9-7-12-4-3-8-14-10-12/h3-4,8,10-11H,5-7,9H2,1-2H3,(H,15,16). The molecule has 0 aromatic carbocycles. The van der Waals surface area contributed by atoms with Crippen LogP contribution in [0.2, 0.25) is 0 Å². The predicted molar refractivity (Wildman–Crippen MR) is 65.0 cm³/mol. The highest BCUT2D eigenvalue weighted by atomic mass is 16.1. The molecule has 0 unspecified atom stereocenters. The highest BCUT2D eigenvalue weighted by Gasteiger charge is 2.02. The van der Waals surface area contributed by atoms with E-state index < -0.39 is 0 Å². The van der Waals surface area contributed by atoms with Gasteiger partial charge in [-0.25, -0.2) is 0 Å². The molecule has 1 heterocycles. The van der Waals surface area contributed by atoms with E-state index in [1.165, 1.54) is 0 Å². The van der Waals surface area contributed by atoms with Crippen molar-refractivity contribution in [3.8, 4) is 0 Å². The molecule has 1 aromatic rings. The van der Waals surface area contributed by atoms with E-state index in [4.69, 9.17) is 0 Å². The second-order valence-corrected chi connectivity index (χ2v) is 4.39. The number of nitrogens with zero attached hydrogens (tertiary/aromatic N) is 1. The van der Waals surface area contributed by atoms with E-state index in [9.17, 15) is 4.79 Å². The van der Waals surface area contributed by atoms with E-state index in [2.05, 4.69) is 24.1 Å². The van der Waals surface area contributed by atoms with Crippen molar-refractivity contribution in [2.24, 2.45) is 5.92 Å². The molecule has 3 nitrogen and oxygen atoms in total. The van der Waals surface area contributed by atoms with Crippen molar-refractivity contribution in [1.29, 1.82) is 0 Å². The summed E-state index contributed by atoms with van der Waals surface area (Å²) in [5.74, 6) is 0.738. The maximum absolute atomic E-state index is 11.4. The van der Waals surface area contributed by atoms with Crippen LogP contribution in [0.1, 0.15) is 32.3 Å². The fourth-order valence-corrected chi connectivity index (χ4v) is 1.40. The molecule has 0 spiro atoms. The van der Waals surface area contributed by atoms with Crippen LogP contribution in [0.25, 0.3) is 0 Å². The van der Waals surface area contributed by atoms with Crippen molar-refractivity contribution in [2.45, 2.75) is 33.1 Å². The summed E-state index contributed by atoms with van der Waals surface area (Å²) in [4.78, 5) is 15.4. The molecule has 0 aliphatic carbocycles. The van der Waals surface area contributed by atoms with Crippen molar-refractivity contribution in [2.75, 3.05) is 6.54 Å². The first kappa shape index (κ1) is 12.7. The summed E-state index contributed by atoms with van der Waals surface area (Å²) in [6, 6.07) is 3.93. The highest BCUT2D eigenvalue weighted by Crippen LogP contribution is 2.02. The summed E-state index contributed by atoms with van der Waals surface area (Å²) in [6.07, 6.45) is 6.02.